The molecule has 0 saturated heterocycles. The lowest BCUT2D eigenvalue weighted by Gasteiger charge is -2.20. The second kappa shape index (κ2) is 6.68. The fourth-order valence-electron chi connectivity index (χ4n) is 2.60. The second-order valence-corrected chi connectivity index (χ2v) is 7.20. The number of aromatic nitrogens is 2. The third-order valence-electron chi connectivity index (χ3n) is 3.60. The Morgan fingerprint density at radius 1 is 1.19 bits per heavy atom. The number of rotatable bonds is 3. The van der Waals surface area contributed by atoms with Crippen LogP contribution < -0.4 is 0 Å². The molecule has 0 atom stereocenters. The van der Waals surface area contributed by atoms with E-state index < -0.39 is 18.0 Å². The molecule has 0 saturated carbocycles. The topological polar surface area (TPSA) is 44.1 Å². The van der Waals surface area contributed by atoms with Crippen molar-refractivity contribution < 1.29 is 18.3 Å². The quantitative estimate of drug-likeness (QED) is 0.442. The molecule has 2 heterocycles. The van der Waals surface area contributed by atoms with E-state index in [1.54, 1.807) is 45.0 Å². The molecule has 0 radical (unpaired) electrons. The highest BCUT2D eigenvalue weighted by atomic mass is 35.5. The Hall–Kier alpha value is -2.47. The Balaban J connectivity index is 2.24. The Labute approximate surface area is 154 Å². The third-order valence-corrected chi connectivity index (χ3v) is 3.82. The highest BCUT2D eigenvalue weighted by Gasteiger charge is 2.24. The third kappa shape index (κ3) is 3.70. The maximum Gasteiger partial charge on any atom is 0.355 e. The molecule has 0 aliphatic rings. The molecule has 0 bridgehead atoms. The molecule has 136 valence electrons. The summed E-state index contributed by atoms with van der Waals surface area (Å²) in [6.45, 7) is 5.26. The standard InChI is InChI=1S/C19H17ClF2N2O2/c1-19(2,3)26-18(25)14-10-12-7-8-15(20)23-17(12)24(14)13-6-4-5-11(9-13)16(21)22/h4-10,16H,1-3H3. The van der Waals surface area contributed by atoms with E-state index in [0.717, 1.165) is 0 Å². The Bertz CT molecular complexity index is 977. The predicted octanol–water partition coefficient (Wildman–Crippen LogP) is 5.57. The Morgan fingerprint density at radius 2 is 1.92 bits per heavy atom. The van der Waals surface area contributed by atoms with Gasteiger partial charge in [-0.2, -0.15) is 0 Å². The molecule has 0 fully saturated rings. The molecule has 0 amide bonds. The van der Waals surface area contributed by atoms with E-state index in [-0.39, 0.29) is 16.4 Å². The fraction of sp³-hybridized carbons (Fsp3) is 0.263. The van der Waals surface area contributed by atoms with Crippen LogP contribution in [0.1, 0.15) is 43.2 Å². The molecule has 4 nitrogen and oxygen atoms in total. The summed E-state index contributed by atoms with van der Waals surface area (Å²) in [7, 11) is 0. The number of hydrogen-bond donors (Lipinski definition) is 0. The van der Waals surface area contributed by atoms with Crippen LogP contribution in [0.4, 0.5) is 8.78 Å². The van der Waals surface area contributed by atoms with Crippen LogP contribution in [-0.4, -0.2) is 21.1 Å². The molecule has 0 aliphatic carbocycles. The van der Waals surface area contributed by atoms with Gasteiger partial charge in [0.15, 0.2) is 0 Å². The fourth-order valence-corrected chi connectivity index (χ4v) is 2.74. The van der Waals surface area contributed by atoms with Crippen molar-refractivity contribution in [2.75, 3.05) is 0 Å². The van der Waals surface area contributed by atoms with Gasteiger partial charge in [0.2, 0.25) is 0 Å². The number of alkyl halides is 2. The van der Waals surface area contributed by atoms with E-state index in [1.165, 1.54) is 22.8 Å². The lowest BCUT2D eigenvalue weighted by atomic mass is 10.2. The number of esters is 1. The van der Waals surface area contributed by atoms with Crippen LogP contribution in [0.2, 0.25) is 5.15 Å². The maximum atomic E-state index is 13.1. The number of ether oxygens (including phenoxy) is 1. The van der Waals surface area contributed by atoms with Crippen LogP contribution in [0.15, 0.2) is 42.5 Å². The minimum atomic E-state index is -2.63. The molecule has 0 N–H and O–H groups in total. The van der Waals surface area contributed by atoms with Crippen molar-refractivity contribution in [2.45, 2.75) is 32.8 Å². The first-order chi connectivity index (χ1) is 12.2. The van der Waals surface area contributed by atoms with Crippen molar-refractivity contribution in [2.24, 2.45) is 0 Å². The van der Waals surface area contributed by atoms with Gasteiger partial charge in [-0.25, -0.2) is 18.6 Å². The Morgan fingerprint density at radius 3 is 2.58 bits per heavy atom. The number of carbonyl (C=O) groups is 1. The zero-order valence-corrected chi connectivity index (χ0v) is 15.2. The highest BCUT2D eigenvalue weighted by Crippen LogP contribution is 2.28. The van der Waals surface area contributed by atoms with Gasteiger partial charge >= 0.3 is 5.97 Å². The molecule has 3 aromatic rings. The van der Waals surface area contributed by atoms with Crippen LogP contribution in [-0.2, 0) is 4.74 Å². The lowest BCUT2D eigenvalue weighted by molar-refractivity contribution is 0.00609. The van der Waals surface area contributed by atoms with Crippen LogP contribution in [0.25, 0.3) is 16.7 Å². The van der Waals surface area contributed by atoms with Crippen molar-refractivity contribution in [1.29, 1.82) is 0 Å². The minimum absolute atomic E-state index is 0.151. The van der Waals surface area contributed by atoms with E-state index in [1.807, 2.05) is 0 Å². The smallest absolute Gasteiger partial charge is 0.355 e. The normalized spacial score (nSPS) is 12.0. The first kappa shape index (κ1) is 18.3. The van der Waals surface area contributed by atoms with Gasteiger partial charge in [0.05, 0.1) is 0 Å². The lowest BCUT2D eigenvalue weighted by Crippen LogP contribution is -2.25. The summed E-state index contributed by atoms with van der Waals surface area (Å²) >= 11 is 5.99. The van der Waals surface area contributed by atoms with Crippen molar-refractivity contribution in [1.82, 2.24) is 9.55 Å². The SMILES string of the molecule is CC(C)(C)OC(=O)c1cc2ccc(Cl)nc2n1-c1cccc(C(F)F)c1. The van der Waals surface area contributed by atoms with Gasteiger partial charge in [0.1, 0.15) is 22.1 Å². The van der Waals surface area contributed by atoms with Crippen LogP contribution in [0.3, 0.4) is 0 Å². The molecule has 0 unspecified atom stereocenters. The van der Waals surface area contributed by atoms with E-state index in [2.05, 4.69) is 4.98 Å². The number of fused-ring (bicyclic) bond motifs is 1. The molecule has 7 heteroatoms. The number of pyridine rings is 1. The van der Waals surface area contributed by atoms with E-state index >= 15 is 0 Å². The second-order valence-electron chi connectivity index (χ2n) is 6.81. The van der Waals surface area contributed by atoms with Gasteiger partial charge in [0, 0.05) is 16.6 Å². The summed E-state index contributed by atoms with van der Waals surface area (Å²) in [5.74, 6) is -0.575. The van der Waals surface area contributed by atoms with E-state index in [0.29, 0.717) is 16.7 Å². The summed E-state index contributed by atoms with van der Waals surface area (Å²) in [5, 5.41) is 0.885. The molecular weight excluding hydrogens is 362 g/mol. The number of hydrogen-bond acceptors (Lipinski definition) is 3. The van der Waals surface area contributed by atoms with Gasteiger partial charge in [-0.1, -0.05) is 23.7 Å². The molecule has 2 aromatic heterocycles. The largest absolute Gasteiger partial charge is 0.455 e. The van der Waals surface area contributed by atoms with Crippen molar-refractivity contribution in [3.05, 3.63) is 58.9 Å². The average molecular weight is 379 g/mol. The van der Waals surface area contributed by atoms with Gasteiger partial charge in [0.25, 0.3) is 6.43 Å². The number of halogens is 3. The highest BCUT2D eigenvalue weighted by molar-refractivity contribution is 6.29. The molecule has 3 rings (SSSR count). The van der Waals surface area contributed by atoms with Gasteiger partial charge in [-0.05, 0) is 51.1 Å². The number of benzene rings is 1. The van der Waals surface area contributed by atoms with Crippen LogP contribution in [0, 0.1) is 0 Å². The van der Waals surface area contributed by atoms with Gasteiger partial charge in [-0.15, -0.1) is 0 Å². The summed E-state index contributed by atoms with van der Waals surface area (Å²) < 4.78 is 33.2. The first-order valence-corrected chi connectivity index (χ1v) is 8.33. The molecular formula is C19H17ClF2N2O2. The monoisotopic (exact) mass is 378 g/mol. The summed E-state index contributed by atoms with van der Waals surface area (Å²) in [6, 6.07) is 10.7. The van der Waals surface area contributed by atoms with Gasteiger partial charge < -0.3 is 4.74 Å². The zero-order valence-electron chi connectivity index (χ0n) is 14.5. The minimum Gasteiger partial charge on any atom is -0.455 e. The summed E-state index contributed by atoms with van der Waals surface area (Å²) in [6.07, 6.45) is -2.63. The maximum absolute atomic E-state index is 13.1. The van der Waals surface area contributed by atoms with Crippen LogP contribution in [0.5, 0.6) is 0 Å². The number of nitrogens with zero attached hydrogens (tertiary/aromatic N) is 2. The van der Waals surface area contributed by atoms with E-state index in [4.69, 9.17) is 16.3 Å². The van der Waals surface area contributed by atoms with Crippen molar-refractivity contribution >= 4 is 28.6 Å². The van der Waals surface area contributed by atoms with Crippen molar-refractivity contribution in [3.8, 4) is 5.69 Å². The molecule has 0 aliphatic heterocycles. The predicted molar refractivity (Wildman–Crippen MR) is 96.2 cm³/mol. The molecule has 1 aromatic carbocycles. The van der Waals surface area contributed by atoms with Crippen molar-refractivity contribution in [3.63, 3.8) is 0 Å². The average Bonchev–Trinajstić information content (AvgIpc) is 2.92. The zero-order chi connectivity index (χ0) is 19.1. The first-order valence-electron chi connectivity index (χ1n) is 7.95. The van der Waals surface area contributed by atoms with Crippen LogP contribution >= 0.6 is 11.6 Å². The number of carbonyl (C=O) groups excluding carboxylic acids is 1. The molecule has 0 spiro atoms. The molecule has 26 heavy (non-hydrogen) atoms. The Kier molecular flexibility index (Phi) is 4.71. The summed E-state index contributed by atoms with van der Waals surface area (Å²) in [4.78, 5) is 16.9. The summed E-state index contributed by atoms with van der Waals surface area (Å²) in [5.41, 5.74) is 0.115. The van der Waals surface area contributed by atoms with Gasteiger partial charge in [-0.3, -0.25) is 4.57 Å². The van der Waals surface area contributed by atoms with E-state index in [9.17, 15) is 13.6 Å².